The Kier molecular flexibility index (Phi) is 2.41. The number of ether oxygens (including phenoxy) is 1. The van der Waals surface area contributed by atoms with Crippen LogP contribution in [0.5, 0.6) is 5.75 Å². The van der Waals surface area contributed by atoms with E-state index in [9.17, 15) is 0 Å². The Morgan fingerprint density at radius 3 is 2.56 bits per heavy atom. The molecular weight excluding hydrogens is 226 g/mol. The normalized spacial score (nSPS) is 10.7. The van der Waals surface area contributed by atoms with Crippen LogP contribution in [0.3, 0.4) is 0 Å². The molecule has 3 aromatic rings. The number of imidazole rings is 1. The van der Waals surface area contributed by atoms with E-state index in [4.69, 9.17) is 10.5 Å². The van der Waals surface area contributed by atoms with E-state index in [-0.39, 0.29) is 0 Å². The topological polar surface area (TPSA) is 53.1 Å². The summed E-state index contributed by atoms with van der Waals surface area (Å²) in [6.07, 6.45) is 0. The fourth-order valence-electron chi connectivity index (χ4n) is 2.10. The number of fused-ring (bicyclic) bond motifs is 1. The van der Waals surface area contributed by atoms with Crippen LogP contribution in [0.1, 0.15) is 0 Å². The van der Waals surface area contributed by atoms with Gasteiger partial charge in [-0.2, -0.15) is 0 Å². The van der Waals surface area contributed by atoms with E-state index in [1.165, 1.54) is 0 Å². The lowest BCUT2D eigenvalue weighted by Gasteiger charge is -2.06. The molecule has 0 spiro atoms. The third-order valence-electron chi connectivity index (χ3n) is 2.91. The predicted molar refractivity (Wildman–Crippen MR) is 72.0 cm³/mol. The van der Waals surface area contributed by atoms with Gasteiger partial charge in [0.1, 0.15) is 11.3 Å². The number of anilines is 1. The zero-order valence-corrected chi connectivity index (χ0v) is 10.00. The molecule has 0 fully saturated rings. The van der Waals surface area contributed by atoms with E-state index in [0.717, 1.165) is 22.5 Å². The molecule has 3 rings (SSSR count). The molecule has 0 unspecified atom stereocenters. The molecule has 90 valence electrons. The van der Waals surface area contributed by atoms with Gasteiger partial charge in [-0.15, -0.1) is 0 Å². The molecule has 1 aromatic heterocycles. The zero-order chi connectivity index (χ0) is 12.5. The number of methoxy groups -OCH3 is 1. The second-order valence-electron chi connectivity index (χ2n) is 3.97. The number of benzene rings is 2. The molecule has 18 heavy (non-hydrogen) atoms. The fourth-order valence-corrected chi connectivity index (χ4v) is 2.10. The van der Waals surface area contributed by atoms with Crippen LogP contribution in [-0.2, 0) is 0 Å². The first-order chi connectivity index (χ1) is 8.81. The minimum atomic E-state index is 0.459. The first-order valence-corrected chi connectivity index (χ1v) is 5.67. The van der Waals surface area contributed by atoms with Gasteiger partial charge in [-0.3, -0.25) is 4.57 Å². The average Bonchev–Trinajstić information content (AvgIpc) is 2.75. The molecule has 4 nitrogen and oxygen atoms in total. The molecule has 0 bridgehead atoms. The Hall–Kier alpha value is -2.49. The van der Waals surface area contributed by atoms with Gasteiger partial charge in [-0.05, 0) is 24.3 Å². The number of nitrogens with two attached hydrogens (primary N) is 1. The molecule has 0 aliphatic carbocycles. The summed E-state index contributed by atoms with van der Waals surface area (Å²) in [6.45, 7) is 0. The van der Waals surface area contributed by atoms with E-state index in [2.05, 4.69) is 4.98 Å². The Balaban J connectivity index is 2.34. The van der Waals surface area contributed by atoms with Crippen molar-refractivity contribution in [1.29, 1.82) is 0 Å². The van der Waals surface area contributed by atoms with Gasteiger partial charge in [0.15, 0.2) is 0 Å². The Morgan fingerprint density at radius 1 is 1.06 bits per heavy atom. The van der Waals surface area contributed by atoms with E-state index < -0.39 is 0 Å². The SMILES string of the molecule is COc1cccc2c1nc(N)n2-c1ccccc1. The third-order valence-corrected chi connectivity index (χ3v) is 2.91. The second kappa shape index (κ2) is 4.07. The van der Waals surface area contributed by atoms with Crippen molar-refractivity contribution in [3.63, 3.8) is 0 Å². The first kappa shape index (κ1) is 10.7. The predicted octanol–water partition coefficient (Wildman–Crippen LogP) is 2.62. The lowest BCUT2D eigenvalue weighted by molar-refractivity contribution is 0.419. The highest BCUT2D eigenvalue weighted by Crippen LogP contribution is 2.29. The molecule has 0 atom stereocenters. The number of rotatable bonds is 2. The minimum absolute atomic E-state index is 0.459. The summed E-state index contributed by atoms with van der Waals surface area (Å²) in [6, 6.07) is 15.7. The molecule has 0 aliphatic rings. The van der Waals surface area contributed by atoms with E-state index in [1.807, 2.05) is 53.1 Å². The largest absolute Gasteiger partial charge is 0.494 e. The highest BCUT2D eigenvalue weighted by Gasteiger charge is 2.12. The van der Waals surface area contributed by atoms with Gasteiger partial charge in [0.2, 0.25) is 5.95 Å². The molecule has 0 amide bonds. The van der Waals surface area contributed by atoms with Crippen LogP contribution in [-0.4, -0.2) is 16.7 Å². The second-order valence-corrected chi connectivity index (χ2v) is 3.97. The van der Waals surface area contributed by atoms with Crippen molar-refractivity contribution in [3.8, 4) is 11.4 Å². The maximum atomic E-state index is 6.01. The summed E-state index contributed by atoms with van der Waals surface area (Å²) in [7, 11) is 1.63. The van der Waals surface area contributed by atoms with Crippen LogP contribution >= 0.6 is 0 Å². The van der Waals surface area contributed by atoms with Gasteiger partial charge < -0.3 is 10.5 Å². The van der Waals surface area contributed by atoms with Crippen molar-refractivity contribution in [3.05, 3.63) is 48.5 Å². The van der Waals surface area contributed by atoms with Gasteiger partial charge >= 0.3 is 0 Å². The summed E-state index contributed by atoms with van der Waals surface area (Å²) >= 11 is 0. The highest BCUT2D eigenvalue weighted by atomic mass is 16.5. The summed E-state index contributed by atoms with van der Waals surface area (Å²) in [5.74, 6) is 1.19. The van der Waals surface area contributed by atoms with Crippen LogP contribution in [0.15, 0.2) is 48.5 Å². The Bertz CT molecular complexity index is 689. The third kappa shape index (κ3) is 1.50. The molecule has 2 aromatic carbocycles. The Labute approximate surface area is 105 Å². The van der Waals surface area contributed by atoms with Gasteiger partial charge in [0.05, 0.1) is 12.6 Å². The van der Waals surface area contributed by atoms with Gasteiger partial charge in [-0.1, -0.05) is 24.3 Å². The molecule has 1 heterocycles. The number of hydrogen-bond acceptors (Lipinski definition) is 3. The molecule has 0 aliphatic heterocycles. The van der Waals surface area contributed by atoms with Crippen molar-refractivity contribution >= 4 is 17.0 Å². The number of hydrogen-bond donors (Lipinski definition) is 1. The monoisotopic (exact) mass is 239 g/mol. The Morgan fingerprint density at radius 2 is 1.83 bits per heavy atom. The fraction of sp³-hybridized carbons (Fsp3) is 0.0714. The quantitative estimate of drug-likeness (QED) is 0.748. The van der Waals surface area contributed by atoms with Crippen LogP contribution in [0, 0.1) is 0 Å². The van der Waals surface area contributed by atoms with Gasteiger partial charge in [0.25, 0.3) is 0 Å². The van der Waals surface area contributed by atoms with Crippen LogP contribution in [0.2, 0.25) is 0 Å². The van der Waals surface area contributed by atoms with Crippen molar-refractivity contribution in [2.24, 2.45) is 0 Å². The van der Waals surface area contributed by atoms with Gasteiger partial charge in [-0.25, -0.2) is 4.98 Å². The van der Waals surface area contributed by atoms with Crippen molar-refractivity contribution in [2.75, 3.05) is 12.8 Å². The van der Waals surface area contributed by atoms with Crippen molar-refractivity contribution < 1.29 is 4.74 Å². The first-order valence-electron chi connectivity index (χ1n) is 5.67. The molecule has 4 heteroatoms. The molecule has 0 radical (unpaired) electrons. The maximum Gasteiger partial charge on any atom is 0.206 e. The van der Waals surface area contributed by atoms with Crippen molar-refractivity contribution in [2.45, 2.75) is 0 Å². The maximum absolute atomic E-state index is 6.01. The smallest absolute Gasteiger partial charge is 0.206 e. The van der Waals surface area contributed by atoms with Crippen LogP contribution in [0.4, 0.5) is 5.95 Å². The highest BCUT2D eigenvalue weighted by molar-refractivity contribution is 5.86. The molecule has 0 saturated heterocycles. The van der Waals surface area contributed by atoms with E-state index in [1.54, 1.807) is 7.11 Å². The van der Waals surface area contributed by atoms with Gasteiger partial charge in [0, 0.05) is 5.69 Å². The standard InChI is InChI=1S/C14H13N3O/c1-18-12-9-5-8-11-13(12)16-14(15)17(11)10-6-3-2-4-7-10/h2-9H,1H3,(H2,15,16). The summed E-state index contributed by atoms with van der Waals surface area (Å²) in [5, 5.41) is 0. The number of nitrogen functional groups attached to an aromatic ring is 1. The summed E-state index contributed by atoms with van der Waals surface area (Å²) < 4.78 is 7.21. The minimum Gasteiger partial charge on any atom is -0.494 e. The number of para-hydroxylation sites is 2. The zero-order valence-electron chi connectivity index (χ0n) is 10.00. The lowest BCUT2D eigenvalue weighted by Crippen LogP contribution is -1.99. The molecule has 2 N–H and O–H groups in total. The van der Waals surface area contributed by atoms with E-state index in [0.29, 0.717) is 5.95 Å². The molecular formula is C14H13N3O. The lowest BCUT2D eigenvalue weighted by atomic mass is 10.2. The molecule has 0 saturated carbocycles. The van der Waals surface area contributed by atoms with Crippen LogP contribution < -0.4 is 10.5 Å². The van der Waals surface area contributed by atoms with Crippen molar-refractivity contribution in [1.82, 2.24) is 9.55 Å². The average molecular weight is 239 g/mol. The summed E-state index contributed by atoms with van der Waals surface area (Å²) in [4.78, 5) is 4.38. The number of nitrogens with zero attached hydrogens (tertiary/aromatic N) is 2. The van der Waals surface area contributed by atoms with Crippen LogP contribution in [0.25, 0.3) is 16.7 Å². The number of aromatic nitrogens is 2. The summed E-state index contributed by atoms with van der Waals surface area (Å²) in [5.41, 5.74) is 8.72. The van der Waals surface area contributed by atoms with E-state index >= 15 is 0 Å².